The summed E-state index contributed by atoms with van der Waals surface area (Å²) in [7, 11) is 0. The highest BCUT2D eigenvalue weighted by molar-refractivity contribution is 5.43. The number of rotatable bonds is 3. The molecule has 20 heavy (non-hydrogen) atoms. The van der Waals surface area contributed by atoms with Gasteiger partial charge >= 0.3 is 0 Å². The zero-order valence-electron chi connectivity index (χ0n) is 11.0. The molecule has 3 heterocycles. The summed E-state index contributed by atoms with van der Waals surface area (Å²) in [5, 5.41) is 11.9. The van der Waals surface area contributed by atoms with Crippen LogP contribution < -0.4 is 5.32 Å². The second-order valence-electron chi connectivity index (χ2n) is 4.53. The summed E-state index contributed by atoms with van der Waals surface area (Å²) in [6.45, 7) is 2.65. The third kappa shape index (κ3) is 2.31. The van der Waals surface area contributed by atoms with Crippen molar-refractivity contribution in [3.8, 4) is 6.07 Å². The summed E-state index contributed by atoms with van der Waals surface area (Å²) in [6.07, 6.45) is 3.57. The lowest BCUT2D eigenvalue weighted by Gasteiger charge is -2.02. The lowest BCUT2D eigenvalue weighted by molar-refractivity contribution is 1.05. The lowest BCUT2D eigenvalue weighted by atomic mass is 10.3. The number of fused-ring (bicyclic) bond motifs is 1. The summed E-state index contributed by atoms with van der Waals surface area (Å²) < 4.78 is 2.06. The van der Waals surface area contributed by atoms with Gasteiger partial charge in [0.15, 0.2) is 0 Å². The van der Waals surface area contributed by atoms with Crippen molar-refractivity contribution >= 4 is 11.5 Å². The predicted octanol–water partition coefficient (Wildman–Crippen LogP) is 2.52. The number of aromatic nitrogens is 3. The summed E-state index contributed by atoms with van der Waals surface area (Å²) in [5.41, 5.74) is 3.59. The molecule has 0 fully saturated rings. The largest absolute Gasteiger partial charge is 0.364 e. The van der Waals surface area contributed by atoms with E-state index in [0.29, 0.717) is 12.1 Å². The first-order valence-electron chi connectivity index (χ1n) is 6.30. The summed E-state index contributed by atoms with van der Waals surface area (Å²) >= 11 is 0. The normalized spacial score (nSPS) is 10.4. The van der Waals surface area contributed by atoms with Crippen LogP contribution in [-0.4, -0.2) is 14.4 Å². The molecular weight excluding hydrogens is 250 g/mol. The minimum absolute atomic E-state index is 0.555. The molecular formula is C15H13N5. The van der Waals surface area contributed by atoms with Gasteiger partial charge < -0.3 is 9.72 Å². The molecule has 0 amide bonds. The molecule has 0 aliphatic heterocycles. The van der Waals surface area contributed by atoms with Crippen LogP contribution in [0.5, 0.6) is 0 Å². The number of nitrogens with one attached hydrogen (secondary N) is 1. The van der Waals surface area contributed by atoms with E-state index in [1.807, 2.05) is 37.4 Å². The maximum atomic E-state index is 8.72. The van der Waals surface area contributed by atoms with E-state index < -0.39 is 0 Å². The number of aryl methyl sites for hydroxylation is 1. The van der Waals surface area contributed by atoms with E-state index >= 15 is 0 Å². The van der Waals surface area contributed by atoms with E-state index in [4.69, 9.17) is 5.26 Å². The number of imidazole rings is 1. The van der Waals surface area contributed by atoms with Gasteiger partial charge in [-0.3, -0.25) is 0 Å². The van der Waals surface area contributed by atoms with Crippen LogP contribution >= 0.6 is 0 Å². The first-order valence-corrected chi connectivity index (χ1v) is 6.30. The molecule has 0 aliphatic rings. The van der Waals surface area contributed by atoms with Crippen LogP contribution in [0.15, 0.2) is 42.7 Å². The van der Waals surface area contributed by atoms with Gasteiger partial charge in [-0.25, -0.2) is 9.97 Å². The molecule has 0 spiro atoms. The number of pyridine rings is 2. The average Bonchev–Trinajstić information content (AvgIpc) is 2.90. The van der Waals surface area contributed by atoms with Gasteiger partial charge in [0.25, 0.3) is 0 Å². The molecule has 0 saturated carbocycles. The van der Waals surface area contributed by atoms with Crippen LogP contribution in [0.3, 0.4) is 0 Å². The molecule has 0 bridgehead atoms. The zero-order chi connectivity index (χ0) is 13.9. The van der Waals surface area contributed by atoms with Crippen LogP contribution in [0.2, 0.25) is 0 Å². The van der Waals surface area contributed by atoms with E-state index in [9.17, 15) is 0 Å². The van der Waals surface area contributed by atoms with Crippen molar-refractivity contribution < 1.29 is 0 Å². The van der Waals surface area contributed by atoms with Crippen molar-refractivity contribution in [3.05, 3.63) is 59.7 Å². The maximum absolute atomic E-state index is 8.72. The van der Waals surface area contributed by atoms with Gasteiger partial charge in [0, 0.05) is 18.1 Å². The van der Waals surface area contributed by atoms with E-state index in [-0.39, 0.29) is 0 Å². The molecule has 98 valence electrons. The molecule has 3 aromatic rings. The minimum atomic E-state index is 0.555. The molecule has 0 unspecified atom stereocenters. The fourth-order valence-electron chi connectivity index (χ4n) is 2.03. The number of anilines is 1. The second kappa shape index (κ2) is 5.02. The van der Waals surface area contributed by atoms with E-state index in [2.05, 4.69) is 19.7 Å². The fourth-order valence-corrected chi connectivity index (χ4v) is 2.03. The van der Waals surface area contributed by atoms with Gasteiger partial charge in [0.2, 0.25) is 0 Å². The third-order valence-corrected chi connectivity index (χ3v) is 3.09. The van der Waals surface area contributed by atoms with E-state index in [1.54, 1.807) is 18.3 Å². The average molecular weight is 263 g/mol. The van der Waals surface area contributed by atoms with E-state index in [0.717, 1.165) is 22.9 Å². The maximum Gasteiger partial charge on any atom is 0.137 e. The molecule has 0 atom stereocenters. The topological polar surface area (TPSA) is 66.0 Å². The van der Waals surface area contributed by atoms with Gasteiger partial charge in [-0.1, -0.05) is 6.07 Å². The van der Waals surface area contributed by atoms with Gasteiger partial charge in [-0.15, -0.1) is 0 Å². The third-order valence-electron chi connectivity index (χ3n) is 3.09. The highest BCUT2D eigenvalue weighted by atomic mass is 15.0. The Kier molecular flexibility index (Phi) is 3.05. The van der Waals surface area contributed by atoms with Gasteiger partial charge in [0.1, 0.15) is 17.5 Å². The van der Waals surface area contributed by atoms with E-state index in [1.165, 1.54) is 0 Å². The van der Waals surface area contributed by atoms with Crippen LogP contribution in [0.25, 0.3) is 5.65 Å². The van der Waals surface area contributed by atoms with Gasteiger partial charge in [-0.2, -0.15) is 5.26 Å². The Morgan fingerprint density at radius 3 is 2.90 bits per heavy atom. The summed E-state index contributed by atoms with van der Waals surface area (Å²) in [6, 6.07) is 11.6. The monoisotopic (exact) mass is 263 g/mol. The summed E-state index contributed by atoms with van der Waals surface area (Å²) in [4.78, 5) is 8.71. The Morgan fingerprint density at radius 1 is 1.30 bits per heavy atom. The molecule has 1 N–H and O–H groups in total. The fraction of sp³-hybridized carbons (Fsp3) is 0.133. The number of hydrogen-bond donors (Lipinski definition) is 1. The quantitative estimate of drug-likeness (QED) is 0.788. The molecule has 5 heteroatoms. The SMILES string of the molecule is Cc1cccc2nc(CNc3ccc(C#N)cn3)cn12. The number of nitriles is 1. The zero-order valence-corrected chi connectivity index (χ0v) is 11.0. The van der Waals surface area contributed by atoms with Gasteiger partial charge in [-0.05, 0) is 31.2 Å². The van der Waals surface area contributed by atoms with Gasteiger partial charge in [0.05, 0.1) is 17.8 Å². The number of hydrogen-bond acceptors (Lipinski definition) is 4. The molecule has 0 saturated heterocycles. The van der Waals surface area contributed by atoms with Crippen LogP contribution in [-0.2, 0) is 6.54 Å². The van der Waals surface area contributed by atoms with Crippen molar-refractivity contribution in [1.29, 1.82) is 5.26 Å². The van der Waals surface area contributed by atoms with Crippen LogP contribution in [0.4, 0.5) is 5.82 Å². The Hall–Kier alpha value is -2.87. The van der Waals surface area contributed by atoms with Crippen molar-refractivity contribution in [1.82, 2.24) is 14.4 Å². The first kappa shape index (κ1) is 12.2. The van der Waals surface area contributed by atoms with Crippen molar-refractivity contribution in [3.63, 3.8) is 0 Å². The molecule has 0 aliphatic carbocycles. The van der Waals surface area contributed by atoms with Crippen molar-refractivity contribution in [2.75, 3.05) is 5.32 Å². The standard InChI is InChI=1S/C15H13N5/c1-11-3-2-4-15-19-13(10-20(11)15)9-18-14-6-5-12(7-16)8-17-14/h2-6,8,10H,9H2,1H3,(H,17,18). The highest BCUT2D eigenvalue weighted by Crippen LogP contribution is 2.10. The molecule has 3 aromatic heterocycles. The summed E-state index contributed by atoms with van der Waals surface area (Å²) in [5.74, 6) is 0.734. The molecule has 3 rings (SSSR count). The van der Waals surface area contributed by atoms with Crippen molar-refractivity contribution in [2.45, 2.75) is 13.5 Å². The molecule has 0 aromatic carbocycles. The molecule has 0 radical (unpaired) electrons. The predicted molar refractivity (Wildman–Crippen MR) is 76.2 cm³/mol. The Bertz CT molecular complexity index is 780. The van der Waals surface area contributed by atoms with Crippen LogP contribution in [0, 0.1) is 18.3 Å². The van der Waals surface area contributed by atoms with Crippen LogP contribution in [0.1, 0.15) is 17.0 Å². The Labute approximate surface area is 116 Å². The smallest absolute Gasteiger partial charge is 0.137 e. The lowest BCUT2D eigenvalue weighted by Crippen LogP contribution is -2.01. The minimum Gasteiger partial charge on any atom is -0.364 e. The Morgan fingerprint density at radius 2 is 2.20 bits per heavy atom. The second-order valence-corrected chi connectivity index (χ2v) is 4.53. The van der Waals surface area contributed by atoms with Crippen molar-refractivity contribution in [2.24, 2.45) is 0 Å². The molecule has 5 nitrogen and oxygen atoms in total. The first-order chi connectivity index (χ1) is 9.76. The Balaban J connectivity index is 1.76. The number of nitrogens with zero attached hydrogens (tertiary/aromatic N) is 4. The highest BCUT2D eigenvalue weighted by Gasteiger charge is 2.03.